The Morgan fingerprint density at radius 2 is 1.55 bits per heavy atom. The molecule has 172 valence electrons. The maximum atomic E-state index is 12.8. The molecule has 2 aliphatic rings. The van der Waals surface area contributed by atoms with Gasteiger partial charge in [-0.05, 0) is 43.0 Å². The van der Waals surface area contributed by atoms with Crippen molar-refractivity contribution < 1.29 is 4.79 Å². The Bertz CT molecular complexity index is 1180. The van der Waals surface area contributed by atoms with Gasteiger partial charge in [-0.1, -0.05) is 19.1 Å². The first-order chi connectivity index (χ1) is 16.1. The zero-order chi connectivity index (χ0) is 22.8. The average molecular weight is 448 g/mol. The predicted molar refractivity (Wildman–Crippen MR) is 127 cm³/mol. The number of para-hydroxylation sites is 1. The Morgan fingerprint density at radius 3 is 2.21 bits per heavy atom. The van der Waals surface area contributed by atoms with Crippen LogP contribution in [-0.4, -0.2) is 69.8 Å². The number of hydrogen-bond acceptors (Lipinski definition) is 7. The molecular formula is C24H29N7O2. The van der Waals surface area contributed by atoms with Crippen LogP contribution in [0.2, 0.25) is 0 Å². The minimum Gasteiger partial charge on any atom is -0.355 e. The fraction of sp³-hybridized carbons (Fsp3) is 0.458. The van der Waals surface area contributed by atoms with Crippen molar-refractivity contribution in [2.24, 2.45) is 5.92 Å². The number of nitrogens with zero attached hydrogens (tertiary/aromatic N) is 7. The number of rotatable bonds is 4. The van der Waals surface area contributed by atoms with Crippen LogP contribution in [0.3, 0.4) is 0 Å². The molecule has 0 aliphatic carbocycles. The van der Waals surface area contributed by atoms with E-state index >= 15 is 0 Å². The molecule has 5 rings (SSSR count). The van der Waals surface area contributed by atoms with E-state index in [-0.39, 0.29) is 18.0 Å². The molecule has 2 aromatic heterocycles. The van der Waals surface area contributed by atoms with Gasteiger partial charge in [-0.25, -0.2) is 4.98 Å². The zero-order valence-electron chi connectivity index (χ0n) is 18.9. The van der Waals surface area contributed by atoms with E-state index in [1.54, 1.807) is 23.1 Å². The van der Waals surface area contributed by atoms with E-state index in [0.29, 0.717) is 37.1 Å². The minimum atomic E-state index is -0.189. The van der Waals surface area contributed by atoms with E-state index in [1.165, 1.54) is 23.7 Å². The number of piperidine rings is 1. The van der Waals surface area contributed by atoms with Crippen molar-refractivity contribution in [3.8, 4) is 0 Å². The van der Waals surface area contributed by atoms with Gasteiger partial charge in [0, 0.05) is 39.3 Å². The predicted octanol–water partition coefficient (Wildman–Crippen LogP) is 1.77. The highest BCUT2D eigenvalue weighted by Gasteiger charge is 2.23. The third-order valence-corrected chi connectivity index (χ3v) is 6.74. The van der Waals surface area contributed by atoms with Gasteiger partial charge in [0.1, 0.15) is 6.54 Å². The third kappa shape index (κ3) is 4.53. The molecule has 0 unspecified atom stereocenters. The van der Waals surface area contributed by atoms with Crippen LogP contribution in [0.1, 0.15) is 19.8 Å². The molecule has 0 N–H and O–H groups in total. The topological polar surface area (TPSA) is 87.5 Å². The number of carbonyl (C=O) groups excluding carboxylic acids is 1. The first kappa shape index (κ1) is 21.4. The van der Waals surface area contributed by atoms with Crippen LogP contribution in [0.25, 0.3) is 10.9 Å². The van der Waals surface area contributed by atoms with Gasteiger partial charge in [-0.15, -0.1) is 10.2 Å². The van der Waals surface area contributed by atoms with E-state index in [9.17, 15) is 9.59 Å². The Hall–Kier alpha value is -3.49. The molecule has 1 amide bonds. The summed E-state index contributed by atoms with van der Waals surface area (Å²) in [6.07, 6.45) is 3.85. The van der Waals surface area contributed by atoms with E-state index in [0.717, 1.165) is 30.6 Å². The third-order valence-electron chi connectivity index (χ3n) is 6.74. The SMILES string of the molecule is CC1CCN(c2ccc(N3CCN(C(=O)Cn4cnc5ccccc5c4=O)CC3)nn2)CC1. The molecule has 2 saturated heterocycles. The van der Waals surface area contributed by atoms with Crippen molar-refractivity contribution in [2.45, 2.75) is 26.3 Å². The van der Waals surface area contributed by atoms with Gasteiger partial charge in [0.2, 0.25) is 5.91 Å². The van der Waals surface area contributed by atoms with Gasteiger partial charge in [0.05, 0.1) is 17.2 Å². The molecule has 9 nitrogen and oxygen atoms in total. The number of piperazine rings is 1. The van der Waals surface area contributed by atoms with Crippen LogP contribution in [0.15, 0.2) is 47.5 Å². The molecule has 4 heterocycles. The van der Waals surface area contributed by atoms with E-state index in [4.69, 9.17) is 0 Å². The zero-order valence-corrected chi connectivity index (χ0v) is 18.9. The number of benzene rings is 1. The molecule has 2 aliphatic heterocycles. The molecule has 2 fully saturated rings. The van der Waals surface area contributed by atoms with Crippen LogP contribution in [-0.2, 0) is 11.3 Å². The van der Waals surface area contributed by atoms with Crippen molar-refractivity contribution >= 4 is 28.4 Å². The number of amides is 1. The summed E-state index contributed by atoms with van der Waals surface area (Å²) in [6, 6.07) is 11.3. The summed E-state index contributed by atoms with van der Waals surface area (Å²) in [5, 5.41) is 9.43. The van der Waals surface area contributed by atoms with E-state index in [2.05, 4.69) is 38.0 Å². The van der Waals surface area contributed by atoms with Gasteiger partial charge in [0.25, 0.3) is 5.56 Å². The van der Waals surface area contributed by atoms with Crippen LogP contribution in [0.5, 0.6) is 0 Å². The van der Waals surface area contributed by atoms with Crippen molar-refractivity contribution in [3.05, 3.63) is 53.1 Å². The summed E-state index contributed by atoms with van der Waals surface area (Å²) < 4.78 is 1.39. The van der Waals surface area contributed by atoms with Crippen LogP contribution in [0.4, 0.5) is 11.6 Å². The lowest BCUT2D eigenvalue weighted by molar-refractivity contribution is -0.132. The molecule has 0 bridgehead atoms. The molecule has 1 aromatic carbocycles. The molecule has 3 aromatic rings. The van der Waals surface area contributed by atoms with Gasteiger partial charge in [0.15, 0.2) is 11.6 Å². The summed E-state index contributed by atoms with van der Waals surface area (Å²) >= 11 is 0. The average Bonchev–Trinajstić information content (AvgIpc) is 2.86. The summed E-state index contributed by atoms with van der Waals surface area (Å²) in [7, 11) is 0. The number of aromatic nitrogens is 4. The largest absolute Gasteiger partial charge is 0.355 e. The van der Waals surface area contributed by atoms with Gasteiger partial charge in [-0.3, -0.25) is 14.2 Å². The number of anilines is 2. The second kappa shape index (κ2) is 9.17. The first-order valence-electron chi connectivity index (χ1n) is 11.6. The Morgan fingerprint density at radius 1 is 0.909 bits per heavy atom. The van der Waals surface area contributed by atoms with E-state index in [1.807, 2.05) is 12.1 Å². The fourth-order valence-electron chi connectivity index (χ4n) is 4.54. The number of carbonyl (C=O) groups is 1. The van der Waals surface area contributed by atoms with Crippen LogP contribution in [0, 0.1) is 5.92 Å². The second-order valence-corrected chi connectivity index (χ2v) is 8.98. The van der Waals surface area contributed by atoms with Crippen LogP contribution < -0.4 is 15.4 Å². The van der Waals surface area contributed by atoms with Crippen LogP contribution >= 0.6 is 0 Å². The monoisotopic (exact) mass is 447 g/mol. The van der Waals surface area contributed by atoms with Crippen molar-refractivity contribution in [3.63, 3.8) is 0 Å². The normalized spacial score (nSPS) is 17.5. The maximum absolute atomic E-state index is 12.8. The number of fused-ring (bicyclic) bond motifs is 1. The lowest BCUT2D eigenvalue weighted by atomic mass is 9.99. The van der Waals surface area contributed by atoms with Gasteiger partial charge < -0.3 is 14.7 Å². The highest BCUT2D eigenvalue weighted by molar-refractivity contribution is 5.79. The summed E-state index contributed by atoms with van der Waals surface area (Å²) in [4.78, 5) is 36.1. The quantitative estimate of drug-likeness (QED) is 0.602. The summed E-state index contributed by atoms with van der Waals surface area (Å²) in [6.45, 7) is 6.91. The van der Waals surface area contributed by atoms with Gasteiger partial charge in [-0.2, -0.15) is 0 Å². The Kier molecular flexibility index (Phi) is 5.93. The number of hydrogen-bond donors (Lipinski definition) is 0. The molecule has 0 saturated carbocycles. The smallest absolute Gasteiger partial charge is 0.261 e. The van der Waals surface area contributed by atoms with E-state index < -0.39 is 0 Å². The standard InChI is InChI=1S/C24H29N7O2/c1-18-8-10-28(11-9-18)21-6-7-22(27-26-21)29-12-14-30(15-13-29)23(32)16-31-17-25-20-5-3-2-4-19(20)24(31)33/h2-7,17-18H,8-16H2,1H3. The molecule has 0 radical (unpaired) electrons. The van der Waals surface area contributed by atoms with Gasteiger partial charge >= 0.3 is 0 Å². The Balaban J connectivity index is 1.18. The molecular weight excluding hydrogens is 418 g/mol. The maximum Gasteiger partial charge on any atom is 0.261 e. The van der Waals surface area contributed by atoms with Crippen molar-refractivity contribution in [2.75, 3.05) is 49.1 Å². The van der Waals surface area contributed by atoms with Crippen molar-refractivity contribution in [1.82, 2.24) is 24.6 Å². The Labute approximate surface area is 192 Å². The fourth-order valence-corrected chi connectivity index (χ4v) is 4.54. The lowest BCUT2D eigenvalue weighted by Gasteiger charge is -2.35. The first-order valence-corrected chi connectivity index (χ1v) is 11.6. The highest BCUT2D eigenvalue weighted by atomic mass is 16.2. The highest BCUT2D eigenvalue weighted by Crippen LogP contribution is 2.22. The molecule has 0 spiro atoms. The lowest BCUT2D eigenvalue weighted by Crippen LogP contribution is -2.50. The van der Waals surface area contributed by atoms with Crippen molar-refractivity contribution in [1.29, 1.82) is 0 Å². The summed E-state index contributed by atoms with van der Waals surface area (Å²) in [5.41, 5.74) is 0.452. The minimum absolute atomic E-state index is 0.000375. The molecule has 33 heavy (non-hydrogen) atoms. The second-order valence-electron chi connectivity index (χ2n) is 8.98. The summed E-state index contributed by atoms with van der Waals surface area (Å²) in [5.74, 6) is 2.48. The molecule has 0 atom stereocenters. The molecule has 9 heteroatoms.